The third-order valence-corrected chi connectivity index (χ3v) is 3.86. The molecule has 4 heteroatoms. The summed E-state index contributed by atoms with van der Waals surface area (Å²) < 4.78 is 5.47. The number of esters is 1. The zero-order valence-corrected chi connectivity index (χ0v) is 12.7. The van der Waals surface area contributed by atoms with Crippen molar-refractivity contribution in [3.8, 4) is 0 Å². The van der Waals surface area contributed by atoms with E-state index in [1.807, 2.05) is 30.3 Å². The third kappa shape index (κ3) is 5.35. The Kier molecular flexibility index (Phi) is 6.19. The maximum Gasteiger partial charge on any atom is 0.334 e. The van der Waals surface area contributed by atoms with E-state index < -0.39 is 11.9 Å². The Labute approximate surface area is 130 Å². The van der Waals surface area contributed by atoms with Crippen LogP contribution < -0.4 is 0 Å². The van der Waals surface area contributed by atoms with Crippen molar-refractivity contribution in [2.24, 2.45) is 0 Å². The molecule has 0 radical (unpaired) electrons. The van der Waals surface area contributed by atoms with Gasteiger partial charge in [0.15, 0.2) is 0 Å². The van der Waals surface area contributed by atoms with Crippen molar-refractivity contribution in [3.63, 3.8) is 0 Å². The molecule has 1 fully saturated rings. The van der Waals surface area contributed by atoms with Crippen molar-refractivity contribution in [3.05, 3.63) is 47.5 Å². The van der Waals surface area contributed by atoms with Crippen LogP contribution in [-0.2, 0) is 20.7 Å². The van der Waals surface area contributed by atoms with E-state index in [0.29, 0.717) is 6.42 Å². The van der Waals surface area contributed by atoms with E-state index >= 15 is 0 Å². The van der Waals surface area contributed by atoms with E-state index in [1.165, 1.54) is 6.42 Å². The number of carbonyl (C=O) groups excluding carboxylic acids is 1. The molecule has 2 rings (SSSR count). The first-order valence-corrected chi connectivity index (χ1v) is 7.81. The molecule has 0 spiro atoms. The first-order valence-electron chi connectivity index (χ1n) is 7.81. The van der Waals surface area contributed by atoms with Crippen LogP contribution in [0.1, 0.15) is 44.1 Å². The molecule has 1 aliphatic carbocycles. The summed E-state index contributed by atoms with van der Waals surface area (Å²) in [4.78, 5) is 23.2. The lowest BCUT2D eigenvalue weighted by molar-refractivity contribution is -0.148. The lowest BCUT2D eigenvalue weighted by Crippen LogP contribution is -2.22. The number of rotatable bonds is 6. The van der Waals surface area contributed by atoms with Gasteiger partial charge in [-0.05, 0) is 37.7 Å². The summed E-state index contributed by atoms with van der Waals surface area (Å²) in [5.74, 6) is -1.50. The summed E-state index contributed by atoms with van der Waals surface area (Å²) in [7, 11) is 0. The number of hydrogen-bond donors (Lipinski definition) is 1. The van der Waals surface area contributed by atoms with E-state index in [1.54, 1.807) is 6.08 Å². The molecule has 1 N–H and O–H groups in total. The molecule has 0 bridgehead atoms. The van der Waals surface area contributed by atoms with Gasteiger partial charge in [0.1, 0.15) is 6.10 Å². The average molecular weight is 302 g/mol. The maximum absolute atomic E-state index is 12.2. The Bertz CT molecular complexity index is 527. The zero-order chi connectivity index (χ0) is 15.8. The minimum atomic E-state index is -1.01. The largest absolute Gasteiger partial charge is 0.481 e. The normalized spacial score (nSPS) is 16.3. The Morgan fingerprint density at radius 1 is 1.14 bits per heavy atom. The lowest BCUT2D eigenvalue weighted by atomic mass is 9.97. The second-order valence-electron chi connectivity index (χ2n) is 5.65. The van der Waals surface area contributed by atoms with Gasteiger partial charge in [0.25, 0.3) is 0 Å². The SMILES string of the molecule is O=C(O)CC(=CCc1ccccc1)C(=O)OC1CCCCC1. The summed E-state index contributed by atoms with van der Waals surface area (Å²) in [6, 6.07) is 9.65. The second-order valence-corrected chi connectivity index (χ2v) is 5.65. The van der Waals surface area contributed by atoms with Crippen LogP contribution in [0.15, 0.2) is 42.0 Å². The van der Waals surface area contributed by atoms with Crippen molar-refractivity contribution in [2.45, 2.75) is 51.0 Å². The molecule has 0 saturated heterocycles. The monoisotopic (exact) mass is 302 g/mol. The Morgan fingerprint density at radius 2 is 1.82 bits per heavy atom. The zero-order valence-electron chi connectivity index (χ0n) is 12.7. The van der Waals surface area contributed by atoms with Crippen molar-refractivity contribution in [1.82, 2.24) is 0 Å². The molecule has 1 aromatic rings. The second kappa shape index (κ2) is 8.37. The molecule has 1 saturated carbocycles. The number of allylic oxidation sites excluding steroid dienone is 1. The van der Waals surface area contributed by atoms with Crippen LogP contribution in [0, 0.1) is 0 Å². The highest BCUT2D eigenvalue weighted by Gasteiger charge is 2.21. The van der Waals surface area contributed by atoms with Gasteiger partial charge in [-0.2, -0.15) is 0 Å². The molecular weight excluding hydrogens is 280 g/mol. The standard InChI is InChI=1S/C18H22O4/c19-17(20)13-15(12-11-14-7-3-1-4-8-14)18(21)22-16-9-5-2-6-10-16/h1,3-4,7-8,12,16H,2,5-6,9-11,13H2,(H,19,20). The maximum atomic E-state index is 12.2. The molecule has 1 aromatic carbocycles. The molecule has 0 heterocycles. The summed E-state index contributed by atoms with van der Waals surface area (Å²) in [5, 5.41) is 8.99. The predicted octanol–water partition coefficient (Wildman–Crippen LogP) is 3.51. The third-order valence-electron chi connectivity index (χ3n) is 3.86. The van der Waals surface area contributed by atoms with Crippen LogP contribution in [-0.4, -0.2) is 23.1 Å². The van der Waals surface area contributed by atoms with Gasteiger partial charge in [-0.3, -0.25) is 4.79 Å². The highest BCUT2D eigenvalue weighted by Crippen LogP contribution is 2.22. The van der Waals surface area contributed by atoms with Gasteiger partial charge in [0, 0.05) is 5.57 Å². The van der Waals surface area contributed by atoms with Gasteiger partial charge in [-0.25, -0.2) is 4.79 Å². The van der Waals surface area contributed by atoms with Gasteiger partial charge in [0.2, 0.25) is 0 Å². The number of benzene rings is 1. The van der Waals surface area contributed by atoms with Gasteiger partial charge >= 0.3 is 11.9 Å². The Hall–Kier alpha value is -2.10. The van der Waals surface area contributed by atoms with E-state index in [2.05, 4.69) is 0 Å². The summed E-state index contributed by atoms with van der Waals surface area (Å²) in [5.41, 5.74) is 1.28. The number of carboxylic acids is 1. The molecule has 22 heavy (non-hydrogen) atoms. The van der Waals surface area contributed by atoms with Crippen molar-refractivity contribution in [2.75, 3.05) is 0 Å². The number of carboxylic acid groups (broad SMARTS) is 1. The predicted molar refractivity (Wildman–Crippen MR) is 83.4 cm³/mol. The minimum Gasteiger partial charge on any atom is -0.481 e. The van der Waals surface area contributed by atoms with Crippen LogP contribution in [0.2, 0.25) is 0 Å². The van der Waals surface area contributed by atoms with Crippen molar-refractivity contribution < 1.29 is 19.4 Å². The van der Waals surface area contributed by atoms with E-state index in [-0.39, 0.29) is 18.1 Å². The minimum absolute atomic E-state index is 0.0600. The molecule has 1 aliphatic rings. The summed E-state index contributed by atoms with van der Waals surface area (Å²) in [6.07, 6.45) is 6.93. The van der Waals surface area contributed by atoms with Crippen molar-refractivity contribution in [1.29, 1.82) is 0 Å². The summed E-state index contributed by atoms with van der Waals surface area (Å²) in [6.45, 7) is 0. The van der Waals surface area contributed by atoms with Crippen LogP contribution in [0.25, 0.3) is 0 Å². The molecule has 0 unspecified atom stereocenters. The van der Waals surface area contributed by atoms with Crippen LogP contribution in [0.5, 0.6) is 0 Å². The van der Waals surface area contributed by atoms with E-state index in [4.69, 9.17) is 9.84 Å². The fourth-order valence-corrected chi connectivity index (χ4v) is 2.66. The Balaban J connectivity index is 2.00. The van der Waals surface area contributed by atoms with E-state index in [0.717, 1.165) is 31.2 Å². The first-order chi connectivity index (χ1) is 10.6. The van der Waals surface area contributed by atoms with Crippen LogP contribution in [0.3, 0.4) is 0 Å². The smallest absolute Gasteiger partial charge is 0.334 e. The number of aliphatic carboxylic acids is 1. The summed E-state index contributed by atoms with van der Waals surface area (Å²) >= 11 is 0. The van der Waals surface area contributed by atoms with Crippen LogP contribution in [0.4, 0.5) is 0 Å². The van der Waals surface area contributed by atoms with Gasteiger partial charge in [0.05, 0.1) is 6.42 Å². The number of hydrogen-bond acceptors (Lipinski definition) is 3. The van der Waals surface area contributed by atoms with Crippen molar-refractivity contribution >= 4 is 11.9 Å². The van der Waals surface area contributed by atoms with Crippen LogP contribution >= 0.6 is 0 Å². The number of carbonyl (C=O) groups is 2. The van der Waals surface area contributed by atoms with Gasteiger partial charge < -0.3 is 9.84 Å². The van der Waals surface area contributed by atoms with E-state index in [9.17, 15) is 9.59 Å². The first kappa shape index (κ1) is 16.3. The molecule has 0 amide bonds. The quantitative estimate of drug-likeness (QED) is 0.645. The molecule has 118 valence electrons. The fraction of sp³-hybridized carbons (Fsp3) is 0.444. The average Bonchev–Trinajstić information content (AvgIpc) is 2.53. The highest BCUT2D eigenvalue weighted by molar-refractivity contribution is 5.93. The molecule has 0 aliphatic heterocycles. The topological polar surface area (TPSA) is 63.6 Å². The fourth-order valence-electron chi connectivity index (χ4n) is 2.66. The van der Waals surface area contributed by atoms with Gasteiger partial charge in [-0.15, -0.1) is 0 Å². The number of ether oxygens (including phenoxy) is 1. The lowest BCUT2D eigenvalue weighted by Gasteiger charge is -2.22. The molecule has 4 nitrogen and oxygen atoms in total. The molecular formula is C18H22O4. The Morgan fingerprint density at radius 3 is 2.45 bits per heavy atom. The highest BCUT2D eigenvalue weighted by atomic mass is 16.5. The molecule has 0 aromatic heterocycles. The molecule has 0 atom stereocenters. The van der Waals surface area contributed by atoms with Gasteiger partial charge in [-0.1, -0.05) is 42.8 Å².